The van der Waals surface area contributed by atoms with Gasteiger partial charge in [0.05, 0.1) is 18.1 Å². The lowest BCUT2D eigenvalue weighted by molar-refractivity contribution is 0.0947. The summed E-state index contributed by atoms with van der Waals surface area (Å²) in [5, 5.41) is 3.06. The van der Waals surface area contributed by atoms with Crippen LogP contribution in [0.2, 0.25) is 0 Å². The van der Waals surface area contributed by atoms with E-state index in [0.29, 0.717) is 12.1 Å². The zero-order valence-electron chi connectivity index (χ0n) is 11.0. The molecule has 0 aliphatic rings. The Kier molecular flexibility index (Phi) is 6.32. The number of methoxy groups -OCH3 is 1. The Labute approximate surface area is 116 Å². The molecule has 0 bridgehead atoms. The average Bonchev–Trinajstić information content (AvgIpc) is 2.36. The maximum atomic E-state index is 12.0. The second-order valence-electron chi connectivity index (χ2n) is 4.11. The van der Waals surface area contributed by atoms with Crippen molar-refractivity contribution in [2.24, 2.45) is 0 Å². The summed E-state index contributed by atoms with van der Waals surface area (Å²) >= 11 is 3.38. The molecule has 4 nitrogen and oxygen atoms in total. The summed E-state index contributed by atoms with van der Waals surface area (Å²) in [5.41, 5.74) is 0.694. The highest BCUT2D eigenvalue weighted by atomic mass is 79.9. The van der Waals surface area contributed by atoms with Crippen molar-refractivity contribution in [3.05, 3.63) is 28.2 Å². The van der Waals surface area contributed by atoms with Crippen LogP contribution < -0.4 is 10.1 Å². The van der Waals surface area contributed by atoms with Crippen molar-refractivity contribution in [1.82, 2.24) is 10.2 Å². The van der Waals surface area contributed by atoms with Gasteiger partial charge in [0, 0.05) is 18.7 Å². The first-order valence-corrected chi connectivity index (χ1v) is 6.57. The van der Waals surface area contributed by atoms with Crippen molar-refractivity contribution in [3.63, 3.8) is 0 Å². The summed E-state index contributed by atoms with van der Waals surface area (Å²) in [5.74, 6) is 0.840. The fraction of sp³-hybridized carbons (Fsp3) is 0.462. The number of rotatable bonds is 7. The molecular formula is C13H19BrN2O2. The minimum absolute atomic E-state index is 0.108. The van der Waals surface area contributed by atoms with Gasteiger partial charge in [0.2, 0.25) is 0 Å². The molecule has 1 aromatic carbocycles. The lowest BCUT2D eigenvalue weighted by Gasteiger charge is -2.15. The number of ether oxygens (including phenoxy) is 1. The van der Waals surface area contributed by atoms with Crippen LogP contribution in [0.5, 0.6) is 5.75 Å². The average molecular weight is 315 g/mol. The molecule has 0 saturated carbocycles. The van der Waals surface area contributed by atoms with E-state index >= 15 is 0 Å². The van der Waals surface area contributed by atoms with Gasteiger partial charge in [-0.2, -0.15) is 0 Å². The Morgan fingerprint density at radius 2 is 2.22 bits per heavy atom. The molecule has 0 radical (unpaired) electrons. The highest BCUT2D eigenvalue weighted by Crippen LogP contribution is 2.25. The molecule has 100 valence electrons. The van der Waals surface area contributed by atoms with Crippen LogP contribution in [0, 0.1) is 0 Å². The van der Waals surface area contributed by atoms with Gasteiger partial charge in [-0.05, 0) is 48.2 Å². The minimum atomic E-state index is 0.108. The third-order valence-corrected chi connectivity index (χ3v) is 3.25. The largest absolute Gasteiger partial charge is 0.496 e. The highest BCUT2D eigenvalue weighted by Gasteiger charge is 2.11. The number of carbonyl (C=O) groups excluding carboxylic acids is 1. The molecule has 1 aromatic rings. The number of ketones is 1. The van der Waals surface area contributed by atoms with Crippen molar-refractivity contribution in [1.29, 1.82) is 0 Å². The number of benzene rings is 1. The summed E-state index contributed by atoms with van der Waals surface area (Å²) in [6, 6.07) is 5.38. The van der Waals surface area contributed by atoms with E-state index in [1.54, 1.807) is 25.3 Å². The predicted octanol–water partition coefficient (Wildman–Crippen LogP) is 1.79. The Morgan fingerprint density at radius 3 is 2.78 bits per heavy atom. The van der Waals surface area contributed by atoms with Crippen molar-refractivity contribution >= 4 is 21.7 Å². The number of carbonyl (C=O) groups is 1. The topological polar surface area (TPSA) is 41.6 Å². The van der Waals surface area contributed by atoms with Crippen LogP contribution in [0.4, 0.5) is 0 Å². The molecule has 18 heavy (non-hydrogen) atoms. The van der Waals surface area contributed by atoms with Gasteiger partial charge in [-0.3, -0.25) is 9.69 Å². The van der Waals surface area contributed by atoms with Gasteiger partial charge in [-0.15, -0.1) is 0 Å². The van der Waals surface area contributed by atoms with Gasteiger partial charge in [0.25, 0.3) is 0 Å². The molecule has 0 fully saturated rings. The summed E-state index contributed by atoms with van der Waals surface area (Å²) in [6.07, 6.45) is 0. The SMILES string of the molecule is CNCCN(C)CC(=O)c1ccc(OC)c(Br)c1. The van der Waals surface area contributed by atoms with Gasteiger partial charge < -0.3 is 10.1 Å². The number of hydrogen-bond acceptors (Lipinski definition) is 4. The normalized spacial score (nSPS) is 10.7. The second kappa shape index (κ2) is 7.51. The van der Waals surface area contributed by atoms with Crippen LogP contribution in [0.25, 0.3) is 0 Å². The molecule has 0 amide bonds. The van der Waals surface area contributed by atoms with E-state index in [2.05, 4.69) is 21.2 Å². The molecule has 1 N–H and O–H groups in total. The number of nitrogens with one attached hydrogen (secondary N) is 1. The molecule has 0 aliphatic carbocycles. The van der Waals surface area contributed by atoms with Crippen molar-refractivity contribution in [2.75, 3.05) is 40.8 Å². The van der Waals surface area contributed by atoms with Crippen LogP contribution >= 0.6 is 15.9 Å². The first-order chi connectivity index (χ1) is 8.58. The lowest BCUT2D eigenvalue weighted by Crippen LogP contribution is -2.31. The fourth-order valence-corrected chi connectivity index (χ4v) is 2.10. The quantitative estimate of drug-likeness (QED) is 0.779. The molecule has 0 atom stereocenters. The predicted molar refractivity (Wildman–Crippen MR) is 76.4 cm³/mol. The number of halogens is 1. The van der Waals surface area contributed by atoms with Gasteiger partial charge >= 0.3 is 0 Å². The molecule has 0 aliphatic heterocycles. The summed E-state index contributed by atoms with van der Waals surface area (Å²) in [6.45, 7) is 2.14. The van der Waals surface area contributed by atoms with E-state index in [9.17, 15) is 4.79 Å². The van der Waals surface area contributed by atoms with Crippen molar-refractivity contribution < 1.29 is 9.53 Å². The first-order valence-electron chi connectivity index (χ1n) is 5.78. The van der Waals surface area contributed by atoms with Crippen molar-refractivity contribution in [3.8, 4) is 5.75 Å². The molecule has 0 saturated heterocycles. The standard InChI is InChI=1S/C13H19BrN2O2/c1-15-6-7-16(2)9-12(17)10-4-5-13(18-3)11(14)8-10/h4-5,8,15H,6-7,9H2,1-3H3. The van der Waals surface area contributed by atoms with Gasteiger partial charge in [-0.1, -0.05) is 0 Å². The molecular weight excluding hydrogens is 296 g/mol. The molecule has 0 heterocycles. The lowest BCUT2D eigenvalue weighted by atomic mass is 10.1. The summed E-state index contributed by atoms with van der Waals surface area (Å²) < 4.78 is 5.94. The number of Topliss-reactive ketones (excluding diaryl/α,β-unsaturated/α-hetero) is 1. The monoisotopic (exact) mass is 314 g/mol. The van der Waals surface area contributed by atoms with Crippen LogP contribution in [-0.4, -0.2) is 51.5 Å². The van der Waals surface area contributed by atoms with Crippen LogP contribution in [0.3, 0.4) is 0 Å². The first kappa shape index (κ1) is 15.1. The molecule has 0 aromatic heterocycles. The second-order valence-corrected chi connectivity index (χ2v) is 4.97. The van der Waals surface area contributed by atoms with Crippen molar-refractivity contribution in [2.45, 2.75) is 0 Å². The van der Waals surface area contributed by atoms with Crippen LogP contribution in [-0.2, 0) is 0 Å². The number of likely N-dealkylation sites (N-methyl/N-ethyl adjacent to an activating group) is 2. The van der Waals surface area contributed by atoms with Gasteiger partial charge in [0.1, 0.15) is 5.75 Å². The fourth-order valence-electron chi connectivity index (χ4n) is 1.56. The van der Waals surface area contributed by atoms with Gasteiger partial charge in [-0.25, -0.2) is 0 Å². The Hall–Kier alpha value is -0.910. The van der Waals surface area contributed by atoms with Crippen LogP contribution in [0.1, 0.15) is 10.4 Å². The van der Waals surface area contributed by atoms with E-state index in [4.69, 9.17) is 4.74 Å². The summed E-state index contributed by atoms with van der Waals surface area (Å²) in [7, 11) is 5.44. The maximum Gasteiger partial charge on any atom is 0.176 e. The van der Waals surface area contributed by atoms with Gasteiger partial charge in [0.15, 0.2) is 5.78 Å². The number of nitrogens with zero attached hydrogens (tertiary/aromatic N) is 1. The maximum absolute atomic E-state index is 12.0. The Balaban J connectivity index is 2.64. The zero-order valence-corrected chi connectivity index (χ0v) is 12.6. The minimum Gasteiger partial charge on any atom is -0.496 e. The van der Waals surface area contributed by atoms with E-state index < -0.39 is 0 Å². The van der Waals surface area contributed by atoms with Crippen LogP contribution in [0.15, 0.2) is 22.7 Å². The molecule has 0 spiro atoms. The molecule has 0 unspecified atom stereocenters. The van der Waals surface area contributed by atoms with E-state index in [1.807, 2.05) is 19.0 Å². The zero-order chi connectivity index (χ0) is 13.5. The number of hydrogen-bond donors (Lipinski definition) is 1. The highest BCUT2D eigenvalue weighted by molar-refractivity contribution is 9.10. The van der Waals surface area contributed by atoms with E-state index in [0.717, 1.165) is 23.3 Å². The molecule has 5 heteroatoms. The third-order valence-electron chi connectivity index (χ3n) is 2.63. The Bertz CT molecular complexity index is 410. The summed E-state index contributed by atoms with van der Waals surface area (Å²) in [4.78, 5) is 14.0. The van der Waals surface area contributed by atoms with E-state index in [-0.39, 0.29) is 5.78 Å². The third kappa shape index (κ3) is 4.40. The van der Waals surface area contributed by atoms with E-state index in [1.165, 1.54) is 0 Å². The smallest absolute Gasteiger partial charge is 0.176 e. The molecule has 1 rings (SSSR count). The Morgan fingerprint density at radius 1 is 1.50 bits per heavy atom.